The van der Waals surface area contributed by atoms with Crippen LogP contribution in [0.25, 0.3) is 0 Å². The molecule has 1 atom stereocenters. The second-order valence-corrected chi connectivity index (χ2v) is 7.54. The van der Waals surface area contributed by atoms with Gasteiger partial charge in [-0.05, 0) is 42.3 Å². The van der Waals surface area contributed by atoms with Crippen molar-refractivity contribution in [2.75, 3.05) is 27.1 Å². The third kappa shape index (κ3) is 4.09. The minimum Gasteiger partial charge on any atom is -0.496 e. The lowest BCUT2D eigenvalue weighted by molar-refractivity contribution is -0.126. The first-order chi connectivity index (χ1) is 14.0. The second kappa shape index (κ2) is 8.20. The number of ether oxygens (including phenoxy) is 4. The molecule has 29 heavy (non-hydrogen) atoms. The van der Waals surface area contributed by atoms with Crippen molar-refractivity contribution in [1.29, 1.82) is 0 Å². The number of amides is 2. The van der Waals surface area contributed by atoms with Crippen molar-refractivity contribution < 1.29 is 32.9 Å². The number of nitrogens with zero attached hydrogens (tertiary/aromatic N) is 1. The third-order valence-corrected chi connectivity index (χ3v) is 5.66. The van der Waals surface area contributed by atoms with E-state index >= 15 is 0 Å². The van der Waals surface area contributed by atoms with Crippen molar-refractivity contribution in [3.8, 4) is 23.0 Å². The first-order valence-electron chi connectivity index (χ1n) is 8.92. The molecule has 0 N–H and O–H groups in total. The van der Waals surface area contributed by atoms with Crippen LogP contribution in [0.1, 0.15) is 5.56 Å². The molecule has 7 nitrogen and oxygen atoms in total. The fourth-order valence-corrected chi connectivity index (χ4v) is 4.17. The van der Waals surface area contributed by atoms with E-state index in [0.29, 0.717) is 29.4 Å². The van der Waals surface area contributed by atoms with Gasteiger partial charge in [0.25, 0.3) is 5.24 Å². The predicted molar refractivity (Wildman–Crippen MR) is 103 cm³/mol. The van der Waals surface area contributed by atoms with Crippen molar-refractivity contribution in [1.82, 2.24) is 4.90 Å². The molecule has 0 spiro atoms. The maximum absolute atomic E-state index is 12.9. The fourth-order valence-electron chi connectivity index (χ4n) is 3.13. The first kappa shape index (κ1) is 19.4. The van der Waals surface area contributed by atoms with Crippen LogP contribution >= 0.6 is 11.8 Å². The Morgan fingerprint density at radius 2 is 1.90 bits per heavy atom. The molecule has 9 heteroatoms. The first-order valence-corrected chi connectivity index (χ1v) is 9.80. The number of fused-ring (bicyclic) bond motifs is 1. The molecule has 0 aliphatic carbocycles. The molecule has 1 saturated heterocycles. The summed E-state index contributed by atoms with van der Waals surface area (Å²) < 4.78 is 34.5. The summed E-state index contributed by atoms with van der Waals surface area (Å²) in [5.74, 6) is 1.59. The van der Waals surface area contributed by atoms with Crippen LogP contribution in [0, 0.1) is 5.82 Å². The van der Waals surface area contributed by atoms with Gasteiger partial charge in [0, 0.05) is 6.07 Å². The van der Waals surface area contributed by atoms with Crippen molar-refractivity contribution in [2.45, 2.75) is 11.7 Å². The third-order valence-electron chi connectivity index (χ3n) is 4.58. The highest BCUT2D eigenvalue weighted by Crippen LogP contribution is 2.40. The summed E-state index contributed by atoms with van der Waals surface area (Å²) in [5, 5.41) is -0.870. The number of carbonyl (C=O) groups is 2. The predicted octanol–water partition coefficient (Wildman–Crippen LogP) is 3.25. The lowest BCUT2D eigenvalue weighted by Crippen LogP contribution is -2.35. The van der Waals surface area contributed by atoms with E-state index < -0.39 is 5.25 Å². The van der Waals surface area contributed by atoms with Gasteiger partial charge >= 0.3 is 0 Å². The van der Waals surface area contributed by atoms with Crippen LogP contribution < -0.4 is 18.9 Å². The van der Waals surface area contributed by atoms with Gasteiger partial charge in [-0.2, -0.15) is 0 Å². The monoisotopic (exact) mass is 419 g/mol. The zero-order valence-electron chi connectivity index (χ0n) is 15.6. The number of imide groups is 1. The van der Waals surface area contributed by atoms with Gasteiger partial charge < -0.3 is 18.9 Å². The van der Waals surface area contributed by atoms with Crippen LogP contribution in [-0.4, -0.2) is 48.4 Å². The van der Waals surface area contributed by atoms with Crippen molar-refractivity contribution in [2.24, 2.45) is 0 Å². The number of thioether (sulfide) groups is 1. The van der Waals surface area contributed by atoms with E-state index in [1.807, 2.05) is 0 Å². The molecule has 2 aromatic rings. The lowest BCUT2D eigenvalue weighted by Gasteiger charge is -2.15. The Bertz CT molecular complexity index is 935. The maximum Gasteiger partial charge on any atom is 0.289 e. The Morgan fingerprint density at radius 1 is 1.17 bits per heavy atom. The highest BCUT2D eigenvalue weighted by Gasteiger charge is 2.40. The van der Waals surface area contributed by atoms with Gasteiger partial charge in [0.1, 0.15) is 23.9 Å². The van der Waals surface area contributed by atoms with Gasteiger partial charge in [0.05, 0.1) is 18.9 Å². The van der Waals surface area contributed by atoms with Gasteiger partial charge in [0.15, 0.2) is 11.5 Å². The molecular formula is C20H18FNO6S. The minimum absolute atomic E-state index is 0.122. The topological polar surface area (TPSA) is 74.3 Å². The summed E-state index contributed by atoms with van der Waals surface area (Å²) >= 11 is 0.982. The number of rotatable bonds is 7. The molecule has 4 rings (SSSR count). The van der Waals surface area contributed by atoms with Crippen molar-refractivity contribution in [3.05, 3.63) is 47.8 Å². The van der Waals surface area contributed by atoms with Crippen LogP contribution in [0.5, 0.6) is 23.0 Å². The molecular weight excluding hydrogens is 401 g/mol. The largest absolute Gasteiger partial charge is 0.496 e. The number of methoxy groups -OCH3 is 1. The van der Waals surface area contributed by atoms with E-state index in [4.69, 9.17) is 18.9 Å². The average molecular weight is 419 g/mol. The molecule has 2 aromatic carbocycles. The van der Waals surface area contributed by atoms with Crippen molar-refractivity contribution >= 4 is 22.9 Å². The Labute approximate surface area is 170 Å². The highest BCUT2D eigenvalue weighted by molar-refractivity contribution is 8.15. The molecule has 2 aliphatic heterocycles. The molecule has 152 valence electrons. The fraction of sp³-hybridized carbons (Fsp3) is 0.300. The van der Waals surface area contributed by atoms with E-state index in [0.717, 1.165) is 17.3 Å². The zero-order chi connectivity index (χ0) is 20.4. The Balaban J connectivity index is 1.39. The van der Waals surface area contributed by atoms with Gasteiger partial charge in [-0.3, -0.25) is 14.5 Å². The molecule has 0 saturated carbocycles. The van der Waals surface area contributed by atoms with Crippen LogP contribution in [0.2, 0.25) is 0 Å². The molecule has 0 radical (unpaired) electrons. The summed E-state index contributed by atoms with van der Waals surface area (Å²) in [7, 11) is 1.54. The molecule has 0 aromatic heterocycles. The molecule has 0 unspecified atom stereocenters. The Morgan fingerprint density at radius 3 is 2.62 bits per heavy atom. The van der Waals surface area contributed by atoms with Gasteiger partial charge in [-0.25, -0.2) is 4.39 Å². The summed E-state index contributed by atoms with van der Waals surface area (Å²) in [5.41, 5.74) is 0.764. The summed E-state index contributed by atoms with van der Waals surface area (Å²) in [6.45, 7) is 0.389. The van der Waals surface area contributed by atoms with E-state index in [-0.39, 0.29) is 36.9 Å². The number of carbonyl (C=O) groups excluding carboxylic acids is 2. The lowest BCUT2D eigenvalue weighted by atomic mass is 10.1. The van der Waals surface area contributed by atoms with E-state index in [1.54, 1.807) is 12.1 Å². The SMILES string of the molecule is COc1cc2c(cc1C[C@@H]1SC(=O)N(CCOc3ccc(F)cc3)C1=O)OCO2. The van der Waals surface area contributed by atoms with E-state index in [9.17, 15) is 14.0 Å². The molecule has 2 aliphatic rings. The number of hydrogen-bond donors (Lipinski definition) is 0. The van der Waals surface area contributed by atoms with Gasteiger partial charge in [-0.15, -0.1) is 0 Å². The smallest absolute Gasteiger partial charge is 0.289 e. The number of halogens is 1. The standard InChI is InChI=1S/C20H18FNO6S/c1-25-15-10-17-16(27-11-28-17)8-12(15)9-18-19(23)22(20(24)29-18)6-7-26-14-4-2-13(21)3-5-14/h2-5,8,10,18H,6-7,9,11H2,1H3/t18-/m0/s1. The molecule has 1 fully saturated rings. The van der Waals surface area contributed by atoms with Crippen LogP contribution in [0.15, 0.2) is 36.4 Å². The van der Waals surface area contributed by atoms with Crippen LogP contribution in [0.4, 0.5) is 9.18 Å². The molecule has 0 bridgehead atoms. The second-order valence-electron chi connectivity index (χ2n) is 6.39. The number of hydrogen-bond acceptors (Lipinski definition) is 7. The van der Waals surface area contributed by atoms with Crippen molar-refractivity contribution in [3.63, 3.8) is 0 Å². The Hall–Kier alpha value is -2.94. The van der Waals surface area contributed by atoms with E-state index in [2.05, 4.69) is 0 Å². The summed E-state index contributed by atoms with van der Waals surface area (Å²) in [6, 6.07) is 9.05. The average Bonchev–Trinajstić information content (AvgIpc) is 3.27. The van der Waals surface area contributed by atoms with Gasteiger partial charge in [-0.1, -0.05) is 11.8 Å². The maximum atomic E-state index is 12.9. The van der Waals surface area contributed by atoms with Crippen LogP contribution in [-0.2, 0) is 11.2 Å². The van der Waals surface area contributed by atoms with E-state index in [1.165, 1.54) is 36.3 Å². The highest BCUT2D eigenvalue weighted by atomic mass is 32.2. The molecule has 2 heterocycles. The van der Waals surface area contributed by atoms with Crippen LogP contribution in [0.3, 0.4) is 0 Å². The zero-order valence-corrected chi connectivity index (χ0v) is 16.4. The normalized spacial score (nSPS) is 17.7. The molecule has 2 amide bonds. The summed E-state index contributed by atoms with van der Waals surface area (Å²) in [4.78, 5) is 26.2. The summed E-state index contributed by atoms with van der Waals surface area (Å²) in [6.07, 6.45) is 0.324. The Kier molecular flexibility index (Phi) is 5.48. The quantitative estimate of drug-likeness (QED) is 0.682. The number of benzene rings is 2. The minimum atomic E-state index is -0.553. The van der Waals surface area contributed by atoms with Gasteiger partial charge in [0.2, 0.25) is 12.7 Å².